The van der Waals surface area contributed by atoms with Crippen LogP contribution in [0, 0.1) is 18.6 Å². The summed E-state index contributed by atoms with van der Waals surface area (Å²) in [6, 6.07) is 3.11. The predicted molar refractivity (Wildman–Crippen MR) is 92.8 cm³/mol. The van der Waals surface area contributed by atoms with E-state index in [2.05, 4.69) is 25.7 Å². The van der Waals surface area contributed by atoms with Gasteiger partial charge in [0.2, 0.25) is 5.88 Å². The van der Waals surface area contributed by atoms with Crippen LogP contribution in [-0.2, 0) is 22.7 Å². The Kier molecular flexibility index (Phi) is 6.62. The van der Waals surface area contributed by atoms with E-state index in [1.807, 2.05) is 0 Å². The normalized spacial score (nSPS) is 11.0. The molecule has 1 aromatic heterocycles. The maximum absolute atomic E-state index is 13.6. The molecule has 0 unspecified atom stereocenters. The van der Waals surface area contributed by atoms with Crippen LogP contribution in [-0.4, -0.2) is 22.6 Å². The van der Waals surface area contributed by atoms with Gasteiger partial charge in [-0.05, 0) is 35.0 Å². The van der Waals surface area contributed by atoms with Crippen molar-refractivity contribution < 1.29 is 23.0 Å². The molecule has 0 amide bonds. The van der Waals surface area contributed by atoms with Crippen LogP contribution in [0.1, 0.15) is 11.4 Å². The van der Waals surface area contributed by atoms with Crippen molar-refractivity contribution in [2.24, 2.45) is 0 Å². The zero-order valence-corrected chi connectivity index (χ0v) is 15.5. The van der Waals surface area contributed by atoms with Gasteiger partial charge in [0.1, 0.15) is 28.5 Å². The molecule has 0 aliphatic heterocycles. The third-order valence-corrected chi connectivity index (χ3v) is 4.08. The molecule has 9 heteroatoms. The number of ether oxygens (including phenoxy) is 2. The second kappa shape index (κ2) is 8.70. The molecule has 26 heavy (non-hydrogen) atoms. The van der Waals surface area contributed by atoms with Gasteiger partial charge in [-0.2, -0.15) is 4.98 Å². The first-order valence-electron chi connectivity index (χ1n) is 7.41. The minimum absolute atomic E-state index is 0.00979. The largest absolute Gasteiger partial charge is 0.472 e. The quantitative estimate of drug-likeness (QED) is 0.522. The highest BCUT2D eigenvalue weighted by Gasteiger charge is 2.14. The van der Waals surface area contributed by atoms with Gasteiger partial charge in [-0.25, -0.2) is 13.6 Å². The van der Waals surface area contributed by atoms with Crippen LogP contribution >= 0.6 is 15.9 Å². The van der Waals surface area contributed by atoms with Crippen molar-refractivity contribution in [3.8, 4) is 5.88 Å². The van der Waals surface area contributed by atoms with Crippen LogP contribution < -0.4 is 10.3 Å². The van der Waals surface area contributed by atoms with E-state index in [-0.39, 0.29) is 29.1 Å². The number of aromatic nitrogens is 2. The fraction of sp³-hybridized carbons (Fsp3) is 0.235. The van der Waals surface area contributed by atoms with Gasteiger partial charge in [-0.1, -0.05) is 6.08 Å². The predicted octanol–water partition coefficient (Wildman–Crippen LogP) is 2.90. The molecular formula is C17H15BrF2N2O4. The van der Waals surface area contributed by atoms with Gasteiger partial charge in [-0.3, -0.25) is 9.36 Å². The molecule has 0 aliphatic carbocycles. The number of nitrogens with zero attached hydrogens (tertiary/aromatic N) is 2. The number of carbonyl (C=O) groups is 1. The SMILES string of the molecule is COC(=O)/C=C/Cn1c(C)nc(OCc2ccc(F)cc2F)c(Br)c1=O. The van der Waals surface area contributed by atoms with Gasteiger partial charge in [0.25, 0.3) is 5.56 Å². The zero-order chi connectivity index (χ0) is 19.3. The smallest absolute Gasteiger partial charge is 0.330 e. The summed E-state index contributed by atoms with van der Waals surface area (Å²) in [7, 11) is 1.25. The van der Waals surface area contributed by atoms with Crippen LogP contribution in [0.5, 0.6) is 5.88 Å². The molecule has 1 aromatic carbocycles. The molecule has 0 aliphatic rings. The number of rotatable bonds is 6. The molecular weight excluding hydrogens is 414 g/mol. The Hall–Kier alpha value is -2.55. The minimum Gasteiger partial charge on any atom is -0.472 e. The first kappa shape index (κ1) is 19.8. The third kappa shape index (κ3) is 4.75. The van der Waals surface area contributed by atoms with Gasteiger partial charge in [0, 0.05) is 24.3 Å². The van der Waals surface area contributed by atoms with Crippen LogP contribution in [0.3, 0.4) is 0 Å². The van der Waals surface area contributed by atoms with E-state index in [0.717, 1.165) is 12.1 Å². The first-order valence-corrected chi connectivity index (χ1v) is 8.21. The Labute approximate surface area is 156 Å². The van der Waals surface area contributed by atoms with Gasteiger partial charge < -0.3 is 9.47 Å². The van der Waals surface area contributed by atoms with E-state index < -0.39 is 23.2 Å². The lowest BCUT2D eigenvalue weighted by Gasteiger charge is -2.12. The van der Waals surface area contributed by atoms with E-state index in [1.54, 1.807) is 6.92 Å². The Balaban J connectivity index is 2.19. The van der Waals surface area contributed by atoms with Gasteiger partial charge in [-0.15, -0.1) is 0 Å². The molecule has 138 valence electrons. The standard InChI is InChI=1S/C17H15BrF2N2O4/c1-10-21-16(26-9-11-5-6-12(19)8-13(11)20)15(18)17(24)22(10)7-3-4-14(23)25-2/h3-6,8H,7,9H2,1-2H3/b4-3+. The minimum atomic E-state index is -0.751. The van der Waals surface area contributed by atoms with Crippen molar-refractivity contribution >= 4 is 21.9 Å². The third-order valence-electron chi connectivity index (χ3n) is 3.40. The second-order valence-electron chi connectivity index (χ2n) is 5.14. The molecule has 2 rings (SSSR count). The first-order chi connectivity index (χ1) is 12.3. The Morgan fingerprint density at radius 3 is 2.77 bits per heavy atom. The Bertz CT molecular complexity index is 912. The molecule has 0 saturated carbocycles. The van der Waals surface area contributed by atoms with Crippen molar-refractivity contribution in [1.82, 2.24) is 9.55 Å². The summed E-state index contributed by atoms with van der Waals surface area (Å²) in [6.45, 7) is 1.48. The lowest BCUT2D eigenvalue weighted by Crippen LogP contribution is -2.25. The van der Waals surface area contributed by atoms with E-state index >= 15 is 0 Å². The molecule has 1 heterocycles. The topological polar surface area (TPSA) is 70.4 Å². The lowest BCUT2D eigenvalue weighted by atomic mass is 10.2. The van der Waals surface area contributed by atoms with Crippen LogP contribution in [0.4, 0.5) is 8.78 Å². The summed E-state index contributed by atoms with van der Waals surface area (Å²) >= 11 is 3.11. The number of allylic oxidation sites excluding steroid dienone is 1. The summed E-state index contributed by atoms with van der Waals surface area (Å²) in [5.74, 6) is -1.65. The number of hydrogen-bond acceptors (Lipinski definition) is 5. The number of aryl methyl sites for hydroxylation is 1. The monoisotopic (exact) mass is 428 g/mol. The molecule has 0 atom stereocenters. The highest BCUT2D eigenvalue weighted by Crippen LogP contribution is 2.20. The van der Waals surface area contributed by atoms with E-state index in [1.165, 1.54) is 29.9 Å². The van der Waals surface area contributed by atoms with Crippen LogP contribution in [0.2, 0.25) is 0 Å². The maximum Gasteiger partial charge on any atom is 0.330 e. The molecule has 2 aromatic rings. The fourth-order valence-corrected chi connectivity index (χ4v) is 2.45. The average Bonchev–Trinajstić information content (AvgIpc) is 2.60. The van der Waals surface area contributed by atoms with Crippen molar-refractivity contribution in [2.45, 2.75) is 20.1 Å². The second-order valence-corrected chi connectivity index (χ2v) is 5.94. The van der Waals surface area contributed by atoms with E-state index in [4.69, 9.17) is 4.74 Å². The number of halogens is 3. The zero-order valence-electron chi connectivity index (χ0n) is 14.0. The molecule has 0 N–H and O–H groups in total. The fourth-order valence-electron chi connectivity index (χ4n) is 2.03. The van der Waals surface area contributed by atoms with Crippen LogP contribution in [0.25, 0.3) is 0 Å². The number of esters is 1. The summed E-state index contributed by atoms with van der Waals surface area (Å²) in [5, 5.41) is 0. The summed E-state index contributed by atoms with van der Waals surface area (Å²) < 4.78 is 37.8. The molecule has 0 radical (unpaired) electrons. The molecule has 6 nitrogen and oxygen atoms in total. The van der Waals surface area contributed by atoms with E-state index in [0.29, 0.717) is 5.82 Å². The van der Waals surface area contributed by atoms with Crippen LogP contribution in [0.15, 0.2) is 39.6 Å². The van der Waals surface area contributed by atoms with Crippen molar-refractivity contribution in [3.63, 3.8) is 0 Å². The molecule has 0 spiro atoms. The number of methoxy groups -OCH3 is 1. The number of carbonyl (C=O) groups excluding carboxylic acids is 1. The Morgan fingerprint density at radius 1 is 1.38 bits per heavy atom. The molecule has 0 saturated heterocycles. The van der Waals surface area contributed by atoms with Crippen molar-refractivity contribution in [1.29, 1.82) is 0 Å². The lowest BCUT2D eigenvalue weighted by molar-refractivity contribution is -0.134. The van der Waals surface area contributed by atoms with Crippen molar-refractivity contribution in [2.75, 3.05) is 7.11 Å². The average molecular weight is 429 g/mol. The van der Waals surface area contributed by atoms with Gasteiger partial charge in [0.15, 0.2) is 0 Å². The highest BCUT2D eigenvalue weighted by atomic mass is 79.9. The highest BCUT2D eigenvalue weighted by molar-refractivity contribution is 9.10. The maximum atomic E-state index is 13.6. The number of benzene rings is 1. The molecule has 0 fully saturated rings. The van der Waals surface area contributed by atoms with E-state index in [9.17, 15) is 18.4 Å². The van der Waals surface area contributed by atoms with Gasteiger partial charge >= 0.3 is 5.97 Å². The van der Waals surface area contributed by atoms with Crippen molar-refractivity contribution in [3.05, 3.63) is 68.2 Å². The summed E-state index contributed by atoms with van der Waals surface area (Å²) in [6.07, 6.45) is 2.66. The Morgan fingerprint density at radius 2 is 2.12 bits per heavy atom. The number of hydrogen-bond donors (Lipinski definition) is 0. The molecule has 0 bridgehead atoms. The van der Waals surface area contributed by atoms with Gasteiger partial charge in [0.05, 0.1) is 7.11 Å². The summed E-state index contributed by atoms with van der Waals surface area (Å²) in [5.41, 5.74) is -0.301. The summed E-state index contributed by atoms with van der Waals surface area (Å²) in [4.78, 5) is 27.6.